The Kier molecular flexibility index (Phi) is 4.27. The van der Waals surface area contributed by atoms with Crippen molar-refractivity contribution in [1.29, 1.82) is 0 Å². The molecule has 0 saturated heterocycles. The van der Waals surface area contributed by atoms with Crippen molar-refractivity contribution in [2.45, 2.75) is 45.4 Å². The Bertz CT molecular complexity index is 380. The summed E-state index contributed by atoms with van der Waals surface area (Å²) in [6.45, 7) is 12.4. The average molecular weight is 254 g/mol. The first-order valence-electron chi connectivity index (χ1n) is 5.88. The molecule has 97 valence electrons. The van der Waals surface area contributed by atoms with Crippen molar-refractivity contribution in [2.24, 2.45) is 0 Å². The summed E-state index contributed by atoms with van der Waals surface area (Å²) in [5.41, 5.74) is 0. The van der Waals surface area contributed by atoms with Gasteiger partial charge in [-0.2, -0.15) is 0 Å². The lowest BCUT2D eigenvalue weighted by Crippen LogP contribution is -2.41. The second-order valence-electron chi connectivity index (χ2n) is 5.71. The van der Waals surface area contributed by atoms with Gasteiger partial charge in [0, 0.05) is 25.5 Å². The number of hydrogen-bond donors (Lipinski definition) is 0. The summed E-state index contributed by atoms with van der Waals surface area (Å²) >= 11 is 0. The second kappa shape index (κ2) is 5.14. The molecule has 0 N–H and O–H groups in total. The van der Waals surface area contributed by atoms with Gasteiger partial charge >= 0.3 is 0 Å². The highest BCUT2D eigenvalue weighted by molar-refractivity contribution is 6.74. The minimum atomic E-state index is -1.69. The van der Waals surface area contributed by atoms with Crippen molar-refractivity contribution >= 4 is 14.6 Å². The molecule has 1 heterocycles. The molecule has 1 rings (SSSR count). The summed E-state index contributed by atoms with van der Waals surface area (Å²) in [6, 6.07) is 0. The highest BCUT2D eigenvalue weighted by Crippen LogP contribution is 2.36. The van der Waals surface area contributed by atoms with Gasteiger partial charge < -0.3 is 8.99 Å². The quantitative estimate of drug-likeness (QED) is 0.599. The number of nitrogens with zero attached hydrogens (tertiary/aromatic N) is 2. The third-order valence-electron chi connectivity index (χ3n) is 3.45. The van der Waals surface area contributed by atoms with Crippen molar-refractivity contribution in [1.82, 2.24) is 9.55 Å². The fourth-order valence-corrected chi connectivity index (χ4v) is 2.28. The van der Waals surface area contributed by atoms with E-state index < -0.39 is 8.32 Å². The second-order valence-corrected chi connectivity index (χ2v) is 10.5. The number of carbonyl (C=O) groups excluding carboxylic acids is 1. The van der Waals surface area contributed by atoms with Crippen LogP contribution in [0, 0.1) is 0 Å². The van der Waals surface area contributed by atoms with Crippen LogP contribution in [0.4, 0.5) is 0 Å². The van der Waals surface area contributed by atoms with E-state index in [-0.39, 0.29) is 5.04 Å². The summed E-state index contributed by atoms with van der Waals surface area (Å²) in [4.78, 5) is 14.6. The van der Waals surface area contributed by atoms with Crippen LogP contribution in [0.25, 0.3) is 0 Å². The van der Waals surface area contributed by atoms with Gasteiger partial charge in [0.15, 0.2) is 12.1 Å². The van der Waals surface area contributed by atoms with E-state index in [1.807, 2.05) is 4.57 Å². The predicted octanol–water partition coefficient (Wildman–Crippen LogP) is 2.72. The number of aromatic nitrogens is 2. The maximum Gasteiger partial charge on any atom is 0.185 e. The van der Waals surface area contributed by atoms with Crippen LogP contribution in [0.5, 0.6) is 0 Å². The average Bonchev–Trinajstić information content (AvgIpc) is 2.63. The highest BCUT2D eigenvalue weighted by Gasteiger charge is 2.24. The molecule has 0 aliphatic rings. The van der Waals surface area contributed by atoms with Gasteiger partial charge in [-0.25, -0.2) is 4.98 Å². The Morgan fingerprint density at radius 3 is 2.65 bits per heavy atom. The Balaban J connectivity index is 2.51. The highest BCUT2D eigenvalue weighted by atomic mass is 28.4. The number of imidazole rings is 1. The first kappa shape index (κ1) is 14.1. The van der Waals surface area contributed by atoms with Gasteiger partial charge in [-0.05, 0) is 8.32 Å². The van der Waals surface area contributed by atoms with Crippen molar-refractivity contribution in [3.05, 3.63) is 18.2 Å². The Hall–Kier alpha value is -0.943. The van der Waals surface area contributed by atoms with Gasteiger partial charge in [-0.1, -0.05) is 20.8 Å². The van der Waals surface area contributed by atoms with E-state index in [9.17, 15) is 4.79 Å². The maximum atomic E-state index is 10.7. The number of hydrogen-bond acceptors (Lipinski definition) is 3. The van der Waals surface area contributed by atoms with E-state index in [0.29, 0.717) is 19.0 Å². The molecule has 0 spiro atoms. The lowest BCUT2D eigenvalue weighted by atomic mass is 10.2. The normalized spacial score (nSPS) is 12.8. The molecule has 0 aliphatic carbocycles. The fraction of sp³-hybridized carbons (Fsp3) is 0.667. The van der Waals surface area contributed by atoms with Crippen molar-refractivity contribution in [3.8, 4) is 0 Å². The maximum absolute atomic E-state index is 10.7. The van der Waals surface area contributed by atoms with Crippen LogP contribution in [0.3, 0.4) is 0 Å². The fourth-order valence-electron chi connectivity index (χ4n) is 1.24. The number of carbonyl (C=O) groups is 1. The van der Waals surface area contributed by atoms with Gasteiger partial charge in [0.1, 0.15) is 0 Å². The number of aldehydes is 1. The SMILES string of the molecule is CC(C)(C)[Si-](C)(C)OCCn1ccnc1C=O. The van der Waals surface area contributed by atoms with Gasteiger partial charge in [0.05, 0.1) is 0 Å². The molecule has 0 aliphatic heterocycles. The molecule has 0 aromatic carbocycles. The molecule has 0 amide bonds. The smallest absolute Gasteiger partial charge is 0.185 e. The zero-order valence-corrected chi connectivity index (χ0v) is 12.4. The first-order valence-corrected chi connectivity index (χ1v) is 8.79. The van der Waals surface area contributed by atoms with Gasteiger partial charge in [-0.15, -0.1) is 18.1 Å². The molecule has 5 heteroatoms. The topological polar surface area (TPSA) is 44.1 Å². The molecule has 0 unspecified atom stereocenters. The summed E-state index contributed by atoms with van der Waals surface area (Å²) in [7, 11) is -1.69. The Morgan fingerprint density at radius 2 is 2.12 bits per heavy atom. The predicted molar refractivity (Wildman–Crippen MR) is 70.8 cm³/mol. The van der Waals surface area contributed by atoms with Crippen LogP contribution in [0.1, 0.15) is 31.4 Å². The Morgan fingerprint density at radius 1 is 1.47 bits per heavy atom. The molecule has 0 bridgehead atoms. The van der Waals surface area contributed by atoms with E-state index in [1.54, 1.807) is 12.4 Å². The lowest BCUT2D eigenvalue weighted by molar-refractivity contribution is 0.111. The zero-order chi connectivity index (χ0) is 13.1. The molecule has 17 heavy (non-hydrogen) atoms. The van der Waals surface area contributed by atoms with E-state index in [4.69, 9.17) is 4.43 Å². The van der Waals surface area contributed by atoms with Crippen LogP contribution in [-0.2, 0) is 11.0 Å². The molecule has 0 atom stereocenters. The van der Waals surface area contributed by atoms with Crippen molar-refractivity contribution in [3.63, 3.8) is 0 Å². The van der Waals surface area contributed by atoms with Crippen LogP contribution in [-0.4, -0.2) is 30.8 Å². The molecule has 1 aromatic rings. The monoisotopic (exact) mass is 254 g/mol. The molecule has 0 radical (unpaired) electrons. The van der Waals surface area contributed by atoms with Crippen molar-refractivity contribution in [2.75, 3.05) is 6.61 Å². The zero-order valence-electron chi connectivity index (χ0n) is 11.4. The summed E-state index contributed by atoms with van der Waals surface area (Å²) in [6.07, 6.45) is 4.21. The molecular formula is C12H22N2O2Si-. The van der Waals surface area contributed by atoms with E-state index in [2.05, 4.69) is 38.8 Å². The van der Waals surface area contributed by atoms with Gasteiger partial charge in [0.25, 0.3) is 0 Å². The molecule has 0 fully saturated rings. The Labute approximate surface area is 104 Å². The van der Waals surface area contributed by atoms with Crippen LogP contribution in [0.15, 0.2) is 12.4 Å². The minimum absolute atomic E-state index is 0.218. The lowest BCUT2D eigenvalue weighted by Gasteiger charge is -2.48. The van der Waals surface area contributed by atoms with Gasteiger partial charge in [0.2, 0.25) is 0 Å². The largest absolute Gasteiger partial charge is 0.563 e. The van der Waals surface area contributed by atoms with Gasteiger partial charge in [-0.3, -0.25) is 4.79 Å². The van der Waals surface area contributed by atoms with E-state index >= 15 is 0 Å². The third kappa shape index (κ3) is 3.51. The summed E-state index contributed by atoms with van der Waals surface area (Å²) < 4.78 is 7.86. The minimum Gasteiger partial charge on any atom is -0.563 e. The summed E-state index contributed by atoms with van der Waals surface area (Å²) in [5.74, 6) is 0.462. The first-order chi connectivity index (χ1) is 7.78. The van der Waals surface area contributed by atoms with Crippen LogP contribution in [0.2, 0.25) is 18.1 Å². The standard InChI is InChI=1S/C12H22N2O2Si/c1-12(2,3)17(4,5)16-9-8-14-7-6-13-11(14)10-15/h6-7,10H,8-9H2,1-5H3/q-1. The van der Waals surface area contributed by atoms with E-state index in [0.717, 1.165) is 6.29 Å². The van der Waals surface area contributed by atoms with Crippen molar-refractivity contribution < 1.29 is 9.22 Å². The van der Waals surface area contributed by atoms with Crippen LogP contribution >= 0.6 is 0 Å². The third-order valence-corrected chi connectivity index (χ3v) is 7.99. The molecule has 4 nitrogen and oxygen atoms in total. The van der Waals surface area contributed by atoms with E-state index in [1.165, 1.54) is 0 Å². The van der Waals surface area contributed by atoms with Crippen LogP contribution < -0.4 is 0 Å². The molecule has 1 aromatic heterocycles. The number of rotatable bonds is 5. The molecule has 0 saturated carbocycles. The summed E-state index contributed by atoms with van der Waals surface area (Å²) in [5, 5.41) is 0.218. The molecular weight excluding hydrogens is 232 g/mol.